The minimum atomic E-state index is -0.437. The first-order valence-corrected chi connectivity index (χ1v) is 10.8. The van der Waals surface area contributed by atoms with Crippen molar-refractivity contribution in [2.45, 2.75) is 13.0 Å². The monoisotopic (exact) mass is 469 g/mol. The van der Waals surface area contributed by atoms with Crippen LogP contribution in [0.1, 0.15) is 12.0 Å². The van der Waals surface area contributed by atoms with Crippen LogP contribution in [-0.4, -0.2) is 18.4 Å². The Morgan fingerprint density at radius 1 is 1.03 bits per heavy atom. The van der Waals surface area contributed by atoms with Crippen LogP contribution in [0.15, 0.2) is 72.8 Å². The normalized spacial score (nSPS) is 15.5. The summed E-state index contributed by atoms with van der Waals surface area (Å²) < 4.78 is 5.76. The number of para-hydroxylation sites is 1. The Bertz CT molecular complexity index is 1110. The molecule has 3 aromatic carbocycles. The predicted molar refractivity (Wildman–Crippen MR) is 126 cm³/mol. The standard InChI is InChI=1S/C24H21Cl2N3O3/c25-18-8-6-16(7-9-18)15-32-22-11-10-19(13-21(22)26)27-28-24(31)17-12-23(30)29(14-17)20-4-2-1-3-5-20/h1-11,13,17,27H,12,14-15H2,(H,28,31)/t17-/m1/s1. The number of hydrogen-bond acceptors (Lipinski definition) is 4. The van der Waals surface area contributed by atoms with Gasteiger partial charge in [0.1, 0.15) is 12.4 Å². The molecule has 0 bridgehead atoms. The Hall–Kier alpha value is -3.22. The van der Waals surface area contributed by atoms with Crippen LogP contribution in [0, 0.1) is 5.92 Å². The van der Waals surface area contributed by atoms with Crippen LogP contribution in [0.25, 0.3) is 0 Å². The summed E-state index contributed by atoms with van der Waals surface area (Å²) in [4.78, 5) is 26.5. The highest BCUT2D eigenvalue weighted by Crippen LogP contribution is 2.29. The molecule has 4 rings (SSSR count). The van der Waals surface area contributed by atoms with Gasteiger partial charge in [0.25, 0.3) is 0 Å². The van der Waals surface area contributed by atoms with Gasteiger partial charge in [-0.2, -0.15) is 0 Å². The average molecular weight is 470 g/mol. The van der Waals surface area contributed by atoms with E-state index >= 15 is 0 Å². The fraction of sp³-hybridized carbons (Fsp3) is 0.167. The van der Waals surface area contributed by atoms with Crippen molar-refractivity contribution >= 4 is 46.4 Å². The number of nitrogens with zero attached hydrogens (tertiary/aromatic N) is 1. The SMILES string of the molecule is O=C(NNc1ccc(OCc2ccc(Cl)cc2)c(Cl)c1)[C@@H]1CC(=O)N(c2ccccc2)C1. The van der Waals surface area contributed by atoms with Crippen molar-refractivity contribution in [3.63, 3.8) is 0 Å². The first-order valence-electron chi connectivity index (χ1n) is 10.1. The molecule has 1 atom stereocenters. The van der Waals surface area contributed by atoms with E-state index in [4.69, 9.17) is 27.9 Å². The van der Waals surface area contributed by atoms with E-state index in [1.807, 2.05) is 42.5 Å². The third-order valence-electron chi connectivity index (χ3n) is 5.13. The van der Waals surface area contributed by atoms with Crippen LogP contribution in [-0.2, 0) is 16.2 Å². The van der Waals surface area contributed by atoms with Gasteiger partial charge in [-0.3, -0.25) is 20.4 Å². The molecule has 0 spiro atoms. The third-order valence-corrected chi connectivity index (χ3v) is 5.68. The largest absolute Gasteiger partial charge is 0.487 e. The summed E-state index contributed by atoms with van der Waals surface area (Å²) in [6.07, 6.45) is 0.167. The van der Waals surface area contributed by atoms with Crippen molar-refractivity contribution in [1.82, 2.24) is 5.43 Å². The number of nitrogens with one attached hydrogen (secondary N) is 2. The number of anilines is 2. The van der Waals surface area contributed by atoms with Crippen molar-refractivity contribution in [1.29, 1.82) is 0 Å². The van der Waals surface area contributed by atoms with Gasteiger partial charge in [-0.05, 0) is 48.0 Å². The lowest BCUT2D eigenvalue weighted by atomic mass is 10.1. The maximum absolute atomic E-state index is 12.6. The quantitative estimate of drug-likeness (QED) is 0.474. The molecule has 164 valence electrons. The van der Waals surface area contributed by atoms with Gasteiger partial charge in [0, 0.05) is 23.7 Å². The average Bonchev–Trinajstić information content (AvgIpc) is 3.20. The molecule has 0 aliphatic carbocycles. The first-order chi connectivity index (χ1) is 15.5. The third kappa shape index (κ3) is 5.33. The van der Waals surface area contributed by atoms with Gasteiger partial charge in [0.05, 0.1) is 16.6 Å². The predicted octanol–water partition coefficient (Wildman–Crippen LogP) is 5.07. The van der Waals surface area contributed by atoms with Gasteiger partial charge >= 0.3 is 0 Å². The molecule has 0 unspecified atom stereocenters. The van der Waals surface area contributed by atoms with Crippen LogP contribution >= 0.6 is 23.2 Å². The molecule has 1 heterocycles. The lowest BCUT2D eigenvalue weighted by molar-refractivity contribution is -0.125. The zero-order chi connectivity index (χ0) is 22.5. The Balaban J connectivity index is 1.30. The lowest BCUT2D eigenvalue weighted by Crippen LogP contribution is -2.36. The van der Waals surface area contributed by atoms with E-state index in [9.17, 15) is 9.59 Å². The molecule has 1 aliphatic rings. The highest BCUT2D eigenvalue weighted by atomic mass is 35.5. The molecular formula is C24H21Cl2N3O3. The summed E-state index contributed by atoms with van der Waals surface area (Å²) in [5.41, 5.74) is 7.88. The highest BCUT2D eigenvalue weighted by Gasteiger charge is 2.35. The number of amides is 2. The number of benzene rings is 3. The zero-order valence-corrected chi connectivity index (χ0v) is 18.6. The van der Waals surface area contributed by atoms with Crippen LogP contribution in [0.4, 0.5) is 11.4 Å². The van der Waals surface area contributed by atoms with Gasteiger partial charge in [-0.1, -0.05) is 53.5 Å². The number of ether oxygens (including phenoxy) is 1. The molecule has 0 aromatic heterocycles. The van der Waals surface area contributed by atoms with Crippen molar-refractivity contribution in [2.24, 2.45) is 5.92 Å². The number of rotatable bonds is 7. The summed E-state index contributed by atoms with van der Waals surface area (Å²) in [7, 11) is 0. The Kier molecular flexibility index (Phi) is 6.83. The maximum atomic E-state index is 12.6. The van der Waals surface area contributed by atoms with Crippen molar-refractivity contribution in [3.8, 4) is 5.75 Å². The molecule has 1 saturated heterocycles. The zero-order valence-electron chi connectivity index (χ0n) is 17.1. The van der Waals surface area contributed by atoms with E-state index in [1.54, 1.807) is 35.2 Å². The van der Waals surface area contributed by atoms with Gasteiger partial charge in [-0.15, -0.1) is 0 Å². The minimum Gasteiger partial charge on any atom is -0.487 e. The van der Waals surface area contributed by atoms with E-state index in [2.05, 4.69) is 10.9 Å². The Morgan fingerprint density at radius 2 is 1.78 bits per heavy atom. The number of carbonyl (C=O) groups is 2. The first kappa shape index (κ1) is 22.0. The van der Waals surface area contributed by atoms with Crippen molar-refractivity contribution in [2.75, 3.05) is 16.9 Å². The number of halogens is 2. The molecule has 1 aliphatic heterocycles. The maximum Gasteiger partial charge on any atom is 0.243 e. The molecule has 2 N–H and O–H groups in total. The molecule has 0 saturated carbocycles. The van der Waals surface area contributed by atoms with E-state index in [-0.39, 0.29) is 18.2 Å². The fourth-order valence-electron chi connectivity index (χ4n) is 3.41. The summed E-state index contributed by atoms with van der Waals surface area (Å²) in [5.74, 6) is -0.233. The van der Waals surface area contributed by atoms with Crippen LogP contribution in [0.5, 0.6) is 5.75 Å². The van der Waals surface area contributed by atoms with E-state index in [0.717, 1.165) is 11.3 Å². The molecule has 6 nitrogen and oxygen atoms in total. The van der Waals surface area contributed by atoms with Gasteiger partial charge in [-0.25, -0.2) is 0 Å². The van der Waals surface area contributed by atoms with Crippen molar-refractivity contribution < 1.29 is 14.3 Å². The summed E-state index contributed by atoms with van der Waals surface area (Å²) in [5, 5.41) is 1.07. The number of hydrogen-bond donors (Lipinski definition) is 2. The molecule has 1 fully saturated rings. The molecular weight excluding hydrogens is 449 g/mol. The van der Waals surface area contributed by atoms with Crippen molar-refractivity contribution in [3.05, 3.63) is 88.4 Å². The Morgan fingerprint density at radius 3 is 2.50 bits per heavy atom. The van der Waals surface area contributed by atoms with E-state index < -0.39 is 5.92 Å². The summed E-state index contributed by atoms with van der Waals surface area (Å²) in [6, 6.07) is 21.8. The van der Waals surface area contributed by atoms with Gasteiger partial charge < -0.3 is 9.64 Å². The van der Waals surface area contributed by atoms with E-state index in [0.29, 0.717) is 34.6 Å². The van der Waals surface area contributed by atoms with Gasteiger partial charge in [0.2, 0.25) is 11.8 Å². The molecule has 0 radical (unpaired) electrons. The minimum absolute atomic E-state index is 0.0680. The van der Waals surface area contributed by atoms with E-state index in [1.165, 1.54) is 0 Å². The molecule has 32 heavy (non-hydrogen) atoms. The molecule has 8 heteroatoms. The lowest BCUT2D eigenvalue weighted by Gasteiger charge is -2.17. The van der Waals surface area contributed by atoms with Gasteiger partial charge in [0.15, 0.2) is 0 Å². The summed E-state index contributed by atoms with van der Waals surface area (Å²) >= 11 is 12.2. The molecule has 2 amide bonds. The smallest absolute Gasteiger partial charge is 0.243 e. The second kappa shape index (κ2) is 9.94. The molecule has 3 aromatic rings. The highest BCUT2D eigenvalue weighted by molar-refractivity contribution is 6.32. The second-order valence-corrected chi connectivity index (χ2v) is 8.26. The Labute approximate surface area is 196 Å². The van der Waals surface area contributed by atoms with Crippen LogP contribution < -0.4 is 20.5 Å². The van der Waals surface area contributed by atoms with Crippen LogP contribution in [0.2, 0.25) is 10.0 Å². The number of carbonyl (C=O) groups excluding carboxylic acids is 2. The fourth-order valence-corrected chi connectivity index (χ4v) is 3.77. The summed E-state index contributed by atoms with van der Waals surface area (Å²) in [6.45, 7) is 0.697. The number of hydrazine groups is 1. The second-order valence-electron chi connectivity index (χ2n) is 7.42. The topological polar surface area (TPSA) is 70.7 Å². The van der Waals surface area contributed by atoms with Crippen LogP contribution in [0.3, 0.4) is 0 Å².